The van der Waals surface area contributed by atoms with E-state index in [2.05, 4.69) is 25.8 Å². The summed E-state index contributed by atoms with van der Waals surface area (Å²) in [5.41, 5.74) is 4.74. The molecule has 4 N–H and O–H groups in total. The van der Waals surface area contributed by atoms with Crippen molar-refractivity contribution >= 4 is 16.9 Å². The van der Waals surface area contributed by atoms with Gasteiger partial charge in [0.15, 0.2) is 5.65 Å². The van der Waals surface area contributed by atoms with Crippen molar-refractivity contribution in [2.45, 2.75) is 18.5 Å². The summed E-state index contributed by atoms with van der Waals surface area (Å²) in [5, 5.41) is 24.9. The van der Waals surface area contributed by atoms with E-state index in [-0.39, 0.29) is 11.7 Å². The van der Waals surface area contributed by atoms with Crippen LogP contribution in [-0.4, -0.2) is 64.3 Å². The number of aromatic amines is 1. The maximum absolute atomic E-state index is 13.2. The number of amides is 1. The van der Waals surface area contributed by atoms with E-state index < -0.39 is 6.04 Å². The topological polar surface area (TPSA) is 106 Å². The second kappa shape index (κ2) is 9.24. The molecule has 8 nitrogen and oxygen atoms in total. The Morgan fingerprint density at radius 1 is 1.15 bits per heavy atom. The van der Waals surface area contributed by atoms with Crippen LogP contribution in [0.15, 0.2) is 60.8 Å². The third kappa shape index (κ3) is 4.02. The fraction of sp³-hybridized carbons (Fsp3) is 0.269. The predicted octanol–water partition coefficient (Wildman–Crippen LogP) is 3.08. The van der Waals surface area contributed by atoms with Gasteiger partial charge in [-0.15, -0.1) is 0 Å². The molecule has 1 aliphatic rings. The maximum Gasteiger partial charge on any atom is 0.244 e. The number of aromatic nitrogens is 3. The summed E-state index contributed by atoms with van der Waals surface area (Å²) in [6.45, 7) is 1.49. The van der Waals surface area contributed by atoms with Crippen molar-refractivity contribution in [1.82, 2.24) is 30.7 Å². The van der Waals surface area contributed by atoms with Crippen LogP contribution in [0.5, 0.6) is 5.75 Å². The number of carbonyl (C=O) groups is 1. The number of likely N-dealkylation sites (tertiary alicyclic amines) is 1. The summed E-state index contributed by atoms with van der Waals surface area (Å²) in [5.74, 6) is 0.265. The molecule has 1 amide bonds. The molecule has 0 bridgehead atoms. The van der Waals surface area contributed by atoms with E-state index in [1.807, 2.05) is 61.5 Å². The first-order valence-corrected chi connectivity index (χ1v) is 11.4. The molecule has 2 unspecified atom stereocenters. The lowest BCUT2D eigenvalue weighted by atomic mass is 9.98. The first-order valence-electron chi connectivity index (χ1n) is 11.4. The van der Waals surface area contributed by atoms with Gasteiger partial charge in [0.05, 0.1) is 5.69 Å². The summed E-state index contributed by atoms with van der Waals surface area (Å²) in [6.07, 6.45) is 2.75. The Hall–Kier alpha value is -3.75. The Bertz CT molecular complexity index is 1330. The SMILES string of the molecule is CNC1CCN(C(=O)C(NC)c2cccc(-c3cnc4n[nH]c(-c5ccccc5O)c4c3)c2)C1. The highest BCUT2D eigenvalue weighted by atomic mass is 16.3. The van der Waals surface area contributed by atoms with E-state index in [0.717, 1.165) is 47.3 Å². The van der Waals surface area contributed by atoms with Crippen molar-refractivity contribution in [3.05, 3.63) is 66.4 Å². The van der Waals surface area contributed by atoms with Crippen LogP contribution < -0.4 is 10.6 Å². The zero-order valence-corrected chi connectivity index (χ0v) is 19.2. The number of rotatable bonds is 6. The van der Waals surface area contributed by atoms with Crippen LogP contribution in [0.25, 0.3) is 33.4 Å². The van der Waals surface area contributed by atoms with Gasteiger partial charge in [0, 0.05) is 41.8 Å². The number of phenols is 1. The molecule has 2 aromatic carbocycles. The maximum atomic E-state index is 13.2. The van der Waals surface area contributed by atoms with Crippen LogP contribution in [0, 0.1) is 0 Å². The van der Waals surface area contributed by atoms with Crippen LogP contribution in [0.4, 0.5) is 0 Å². The fourth-order valence-electron chi connectivity index (χ4n) is 4.66. The summed E-state index contributed by atoms with van der Waals surface area (Å²) in [7, 11) is 3.76. The summed E-state index contributed by atoms with van der Waals surface area (Å²) < 4.78 is 0. The van der Waals surface area contributed by atoms with Crippen molar-refractivity contribution in [1.29, 1.82) is 0 Å². The van der Waals surface area contributed by atoms with E-state index in [1.54, 1.807) is 18.3 Å². The van der Waals surface area contributed by atoms with Gasteiger partial charge < -0.3 is 20.6 Å². The van der Waals surface area contributed by atoms with Gasteiger partial charge in [0.25, 0.3) is 0 Å². The molecule has 34 heavy (non-hydrogen) atoms. The molecule has 1 saturated heterocycles. The molecule has 2 aromatic heterocycles. The monoisotopic (exact) mass is 456 g/mol. The average molecular weight is 457 g/mol. The standard InChI is InChI=1S/C26H28N6O2/c1-27-19-10-11-32(15-19)26(34)23(28-2)17-7-5-6-16(12-17)18-13-21-24(30-31-25(21)29-14-18)20-8-3-4-9-22(20)33/h3-9,12-14,19,23,27-28,33H,10-11,15H2,1-2H3,(H,29,30,31). The van der Waals surface area contributed by atoms with Gasteiger partial charge in [0.1, 0.15) is 11.8 Å². The fourth-order valence-corrected chi connectivity index (χ4v) is 4.66. The van der Waals surface area contributed by atoms with Crippen molar-refractivity contribution < 1.29 is 9.90 Å². The summed E-state index contributed by atoms with van der Waals surface area (Å²) in [6, 6.07) is 17.1. The summed E-state index contributed by atoms with van der Waals surface area (Å²) in [4.78, 5) is 19.7. The number of aromatic hydroxyl groups is 1. The smallest absolute Gasteiger partial charge is 0.244 e. The molecule has 2 atom stereocenters. The molecule has 0 radical (unpaired) electrons. The van der Waals surface area contributed by atoms with Crippen LogP contribution in [0.2, 0.25) is 0 Å². The molecule has 8 heteroatoms. The molecule has 0 spiro atoms. The number of nitrogens with one attached hydrogen (secondary N) is 3. The molecular formula is C26H28N6O2. The molecule has 174 valence electrons. The second-order valence-electron chi connectivity index (χ2n) is 8.62. The van der Waals surface area contributed by atoms with Gasteiger partial charge in [0.2, 0.25) is 5.91 Å². The van der Waals surface area contributed by atoms with Crippen LogP contribution in [-0.2, 0) is 4.79 Å². The minimum Gasteiger partial charge on any atom is -0.507 e. The number of carbonyl (C=O) groups excluding carboxylic acids is 1. The largest absolute Gasteiger partial charge is 0.507 e. The minimum absolute atomic E-state index is 0.0858. The normalized spacial score (nSPS) is 16.8. The Labute approximate surface area is 198 Å². The zero-order chi connectivity index (χ0) is 23.7. The number of H-pyrrole nitrogens is 1. The first-order chi connectivity index (χ1) is 16.6. The zero-order valence-electron chi connectivity index (χ0n) is 19.2. The number of phenolic OH excluding ortho intramolecular Hbond substituents is 1. The molecule has 1 aliphatic heterocycles. The van der Waals surface area contributed by atoms with Crippen LogP contribution >= 0.6 is 0 Å². The number of hydrogen-bond acceptors (Lipinski definition) is 6. The third-order valence-corrected chi connectivity index (χ3v) is 6.58. The van der Waals surface area contributed by atoms with Crippen molar-refractivity contribution in [2.75, 3.05) is 27.2 Å². The van der Waals surface area contributed by atoms with E-state index >= 15 is 0 Å². The number of pyridine rings is 1. The quantitative estimate of drug-likeness (QED) is 0.355. The second-order valence-corrected chi connectivity index (χ2v) is 8.62. The van der Waals surface area contributed by atoms with E-state index in [1.165, 1.54) is 0 Å². The number of fused-ring (bicyclic) bond motifs is 1. The van der Waals surface area contributed by atoms with Crippen molar-refractivity contribution in [3.8, 4) is 28.1 Å². The average Bonchev–Trinajstić information content (AvgIpc) is 3.52. The van der Waals surface area contributed by atoms with Gasteiger partial charge >= 0.3 is 0 Å². The number of nitrogens with zero attached hydrogens (tertiary/aromatic N) is 3. The van der Waals surface area contributed by atoms with Crippen molar-refractivity contribution in [3.63, 3.8) is 0 Å². The number of benzene rings is 2. The highest BCUT2D eigenvalue weighted by molar-refractivity contribution is 5.94. The lowest BCUT2D eigenvalue weighted by molar-refractivity contribution is -0.132. The molecule has 0 saturated carbocycles. The molecule has 4 aromatic rings. The number of para-hydroxylation sites is 1. The highest BCUT2D eigenvalue weighted by Crippen LogP contribution is 2.34. The lowest BCUT2D eigenvalue weighted by Crippen LogP contribution is -2.40. The molecule has 5 rings (SSSR count). The number of hydrogen-bond donors (Lipinski definition) is 4. The van der Waals surface area contributed by atoms with Crippen molar-refractivity contribution in [2.24, 2.45) is 0 Å². The highest BCUT2D eigenvalue weighted by Gasteiger charge is 2.30. The molecule has 1 fully saturated rings. The van der Waals surface area contributed by atoms with Gasteiger partial charge in [-0.25, -0.2) is 4.98 Å². The third-order valence-electron chi connectivity index (χ3n) is 6.58. The van der Waals surface area contributed by atoms with Gasteiger partial charge in [-0.2, -0.15) is 5.10 Å². The van der Waals surface area contributed by atoms with Gasteiger partial charge in [-0.1, -0.05) is 30.3 Å². The predicted molar refractivity (Wildman–Crippen MR) is 132 cm³/mol. The first kappa shape index (κ1) is 22.1. The lowest BCUT2D eigenvalue weighted by Gasteiger charge is -2.24. The van der Waals surface area contributed by atoms with E-state index in [4.69, 9.17) is 0 Å². The molecule has 0 aliphatic carbocycles. The van der Waals surface area contributed by atoms with E-state index in [0.29, 0.717) is 17.3 Å². The Morgan fingerprint density at radius 3 is 2.76 bits per heavy atom. The minimum atomic E-state index is -0.419. The summed E-state index contributed by atoms with van der Waals surface area (Å²) >= 11 is 0. The Balaban J connectivity index is 1.48. The molecular weight excluding hydrogens is 428 g/mol. The Morgan fingerprint density at radius 2 is 2.00 bits per heavy atom. The van der Waals surface area contributed by atoms with Crippen LogP contribution in [0.3, 0.4) is 0 Å². The van der Waals surface area contributed by atoms with Gasteiger partial charge in [-0.05, 0) is 55.9 Å². The van der Waals surface area contributed by atoms with Gasteiger partial charge in [-0.3, -0.25) is 9.89 Å². The number of likely N-dealkylation sites (N-methyl/N-ethyl adjacent to an activating group) is 2. The van der Waals surface area contributed by atoms with Crippen LogP contribution in [0.1, 0.15) is 18.0 Å². The van der Waals surface area contributed by atoms with E-state index in [9.17, 15) is 9.90 Å². The molecule has 3 heterocycles. The Kier molecular flexibility index (Phi) is 6.00.